The van der Waals surface area contributed by atoms with Gasteiger partial charge in [-0.3, -0.25) is 4.79 Å². The summed E-state index contributed by atoms with van der Waals surface area (Å²) >= 11 is 3.20. The molecule has 0 saturated carbocycles. The first-order valence-corrected chi connectivity index (χ1v) is 6.37. The van der Waals surface area contributed by atoms with Gasteiger partial charge >= 0.3 is 0 Å². The van der Waals surface area contributed by atoms with Gasteiger partial charge in [-0.25, -0.2) is 4.98 Å². The maximum Gasteiger partial charge on any atom is 0.254 e. The summed E-state index contributed by atoms with van der Waals surface area (Å²) in [7, 11) is 0. The van der Waals surface area contributed by atoms with Crippen molar-refractivity contribution in [3.63, 3.8) is 0 Å². The molecule has 0 bridgehead atoms. The molecule has 2 rings (SSSR count). The summed E-state index contributed by atoms with van der Waals surface area (Å²) < 4.78 is 0.656. The maximum absolute atomic E-state index is 12.0. The Hall–Kier alpha value is -2.19. The van der Waals surface area contributed by atoms with Crippen molar-refractivity contribution in [1.82, 2.24) is 10.3 Å². The van der Waals surface area contributed by atoms with Crippen LogP contribution in [0.25, 0.3) is 0 Å². The molecule has 94 valence electrons. The minimum atomic E-state index is -0.669. The van der Waals surface area contributed by atoms with E-state index in [1.807, 2.05) is 18.2 Å². The molecule has 1 unspecified atom stereocenters. The highest BCUT2D eigenvalue weighted by Gasteiger charge is 2.14. The van der Waals surface area contributed by atoms with Gasteiger partial charge < -0.3 is 5.32 Å². The van der Waals surface area contributed by atoms with Crippen LogP contribution in [0.5, 0.6) is 0 Å². The molecule has 1 atom stereocenters. The molecule has 5 heteroatoms. The molecular formula is C14H10BrN3O. The summed E-state index contributed by atoms with van der Waals surface area (Å²) in [6, 6.07) is 13.8. The van der Waals surface area contributed by atoms with Crippen LogP contribution in [0.1, 0.15) is 22.0 Å². The molecule has 0 aliphatic rings. The zero-order chi connectivity index (χ0) is 13.7. The zero-order valence-electron chi connectivity index (χ0n) is 9.88. The Balaban J connectivity index is 2.13. The second-order valence-electron chi connectivity index (χ2n) is 3.82. The van der Waals surface area contributed by atoms with Crippen molar-refractivity contribution < 1.29 is 4.79 Å². The third-order valence-electron chi connectivity index (χ3n) is 2.53. The first kappa shape index (κ1) is 13.2. The quantitative estimate of drug-likeness (QED) is 0.886. The van der Waals surface area contributed by atoms with E-state index in [1.165, 1.54) is 6.20 Å². The molecule has 19 heavy (non-hydrogen) atoms. The Labute approximate surface area is 119 Å². The average Bonchev–Trinajstić information content (AvgIpc) is 2.46. The van der Waals surface area contributed by atoms with Crippen LogP contribution in [0.2, 0.25) is 0 Å². The van der Waals surface area contributed by atoms with Gasteiger partial charge in [-0.15, -0.1) is 0 Å². The van der Waals surface area contributed by atoms with E-state index in [-0.39, 0.29) is 5.91 Å². The molecule has 0 radical (unpaired) electrons. The smallest absolute Gasteiger partial charge is 0.254 e. The second kappa shape index (κ2) is 6.12. The minimum Gasteiger partial charge on any atom is -0.332 e. The van der Waals surface area contributed by atoms with Gasteiger partial charge in [-0.2, -0.15) is 5.26 Å². The third kappa shape index (κ3) is 3.39. The SMILES string of the molecule is N#CC(NC(=O)c1ccc(Br)nc1)c1ccccc1. The maximum atomic E-state index is 12.0. The van der Waals surface area contributed by atoms with Gasteiger partial charge in [-0.05, 0) is 33.6 Å². The van der Waals surface area contributed by atoms with Crippen LogP contribution in [0.3, 0.4) is 0 Å². The van der Waals surface area contributed by atoms with Gasteiger partial charge in [0.25, 0.3) is 5.91 Å². The molecule has 0 saturated heterocycles. The number of carbonyl (C=O) groups is 1. The number of pyridine rings is 1. The van der Waals surface area contributed by atoms with E-state index in [1.54, 1.807) is 24.3 Å². The normalized spacial score (nSPS) is 11.4. The molecule has 1 aromatic heterocycles. The van der Waals surface area contributed by atoms with Crippen LogP contribution < -0.4 is 5.32 Å². The van der Waals surface area contributed by atoms with Crippen LogP contribution in [-0.4, -0.2) is 10.9 Å². The van der Waals surface area contributed by atoms with E-state index in [0.29, 0.717) is 10.2 Å². The molecule has 0 spiro atoms. The summed E-state index contributed by atoms with van der Waals surface area (Å²) in [5, 5.41) is 11.8. The fraction of sp³-hybridized carbons (Fsp3) is 0.0714. The largest absolute Gasteiger partial charge is 0.332 e. The highest BCUT2D eigenvalue weighted by Crippen LogP contribution is 2.13. The molecule has 1 amide bonds. The molecule has 0 fully saturated rings. The topological polar surface area (TPSA) is 65.8 Å². The van der Waals surface area contributed by atoms with E-state index < -0.39 is 6.04 Å². The molecule has 4 nitrogen and oxygen atoms in total. The van der Waals surface area contributed by atoms with Crippen molar-refractivity contribution in [3.8, 4) is 6.07 Å². The fourth-order valence-corrected chi connectivity index (χ4v) is 1.79. The van der Waals surface area contributed by atoms with Crippen molar-refractivity contribution in [1.29, 1.82) is 5.26 Å². The molecule has 1 heterocycles. The average molecular weight is 316 g/mol. The predicted molar refractivity (Wildman–Crippen MR) is 74.2 cm³/mol. The van der Waals surface area contributed by atoms with Crippen LogP contribution >= 0.6 is 15.9 Å². The number of hydrogen-bond donors (Lipinski definition) is 1. The summed E-state index contributed by atoms with van der Waals surface area (Å²) in [6.07, 6.45) is 1.46. The molecule has 2 aromatic rings. The van der Waals surface area contributed by atoms with Crippen LogP contribution in [0.15, 0.2) is 53.3 Å². The summed E-state index contributed by atoms with van der Waals surface area (Å²) in [4.78, 5) is 16.0. The van der Waals surface area contributed by atoms with Gasteiger partial charge in [0.2, 0.25) is 0 Å². The fourth-order valence-electron chi connectivity index (χ4n) is 1.56. The number of halogens is 1. The van der Waals surface area contributed by atoms with E-state index in [0.717, 1.165) is 5.56 Å². The first-order valence-electron chi connectivity index (χ1n) is 5.57. The Morgan fingerprint density at radius 1 is 1.26 bits per heavy atom. The Morgan fingerprint density at radius 2 is 2.00 bits per heavy atom. The first-order chi connectivity index (χ1) is 9.20. The van der Waals surface area contributed by atoms with E-state index in [2.05, 4.69) is 32.3 Å². The highest BCUT2D eigenvalue weighted by molar-refractivity contribution is 9.10. The number of nitriles is 1. The standard InChI is InChI=1S/C14H10BrN3O/c15-13-7-6-11(9-17-13)14(19)18-12(8-16)10-4-2-1-3-5-10/h1-7,9,12H,(H,18,19). The molecule has 1 aromatic carbocycles. The van der Waals surface area contributed by atoms with E-state index >= 15 is 0 Å². The summed E-state index contributed by atoms with van der Waals surface area (Å²) in [6.45, 7) is 0. The number of benzene rings is 1. The highest BCUT2D eigenvalue weighted by atomic mass is 79.9. The van der Waals surface area contributed by atoms with Gasteiger partial charge in [0.05, 0.1) is 11.6 Å². The van der Waals surface area contributed by atoms with Crippen molar-refractivity contribution in [2.75, 3.05) is 0 Å². The minimum absolute atomic E-state index is 0.324. The van der Waals surface area contributed by atoms with Crippen molar-refractivity contribution in [3.05, 3.63) is 64.4 Å². The Kier molecular flexibility index (Phi) is 4.26. The van der Waals surface area contributed by atoms with E-state index in [4.69, 9.17) is 5.26 Å². The lowest BCUT2D eigenvalue weighted by Gasteiger charge is -2.11. The molecule has 1 N–H and O–H groups in total. The lowest BCUT2D eigenvalue weighted by atomic mass is 10.1. The number of hydrogen-bond acceptors (Lipinski definition) is 3. The number of aromatic nitrogens is 1. The number of nitrogens with zero attached hydrogens (tertiary/aromatic N) is 2. The molecule has 0 aliphatic carbocycles. The van der Waals surface area contributed by atoms with Crippen LogP contribution in [-0.2, 0) is 0 Å². The Bertz CT molecular complexity index is 605. The Morgan fingerprint density at radius 3 is 2.58 bits per heavy atom. The number of amides is 1. The van der Waals surface area contributed by atoms with Crippen LogP contribution in [0, 0.1) is 11.3 Å². The number of carbonyl (C=O) groups excluding carboxylic acids is 1. The van der Waals surface area contributed by atoms with E-state index in [9.17, 15) is 4.79 Å². The summed E-state index contributed by atoms with van der Waals surface area (Å²) in [5.74, 6) is -0.324. The predicted octanol–water partition coefficient (Wildman–Crippen LogP) is 2.84. The lowest BCUT2D eigenvalue weighted by Crippen LogP contribution is -2.27. The number of nitrogens with one attached hydrogen (secondary N) is 1. The second-order valence-corrected chi connectivity index (χ2v) is 4.63. The van der Waals surface area contributed by atoms with Crippen LogP contribution in [0.4, 0.5) is 0 Å². The van der Waals surface area contributed by atoms with Gasteiger partial charge in [-0.1, -0.05) is 30.3 Å². The van der Waals surface area contributed by atoms with Gasteiger partial charge in [0, 0.05) is 6.20 Å². The van der Waals surface area contributed by atoms with Gasteiger partial charge in [0.15, 0.2) is 0 Å². The van der Waals surface area contributed by atoms with Crippen molar-refractivity contribution in [2.45, 2.75) is 6.04 Å². The number of rotatable bonds is 3. The summed E-state index contributed by atoms with van der Waals surface area (Å²) in [5.41, 5.74) is 1.17. The molecular weight excluding hydrogens is 306 g/mol. The van der Waals surface area contributed by atoms with Gasteiger partial charge in [0.1, 0.15) is 10.6 Å². The van der Waals surface area contributed by atoms with Crippen molar-refractivity contribution in [2.24, 2.45) is 0 Å². The third-order valence-corrected chi connectivity index (χ3v) is 3.00. The lowest BCUT2D eigenvalue weighted by molar-refractivity contribution is 0.0945. The molecule has 0 aliphatic heterocycles. The zero-order valence-corrected chi connectivity index (χ0v) is 11.5. The monoisotopic (exact) mass is 315 g/mol. The van der Waals surface area contributed by atoms with Crippen molar-refractivity contribution >= 4 is 21.8 Å².